The van der Waals surface area contributed by atoms with E-state index in [1.54, 1.807) is 0 Å². The molecular weight excluding hydrogens is 320 g/mol. The summed E-state index contributed by atoms with van der Waals surface area (Å²) in [6.07, 6.45) is 2.85. The van der Waals surface area contributed by atoms with E-state index in [1.165, 1.54) is 5.57 Å². The summed E-state index contributed by atoms with van der Waals surface area (Å²) >= 11 is 3.52. The fourth-order valence-corrected chi connectivity index (χ4v) is 3.97. The minimum atomic E-state index is -0.408. The Bertz CT molecular complexity index is 563. The van der Waals surface area contributed by atoms with Gasteiger partial charge >= 0.3 is 0 Å². The van der Waals surface area contributed by atoms with E-state index in [1.807, 2.05) is 12.1 Å². The molecule has 1 saturated carbocycles. The highest BCUT2D eigenvalue weighted by atomic mass is 79.9. The summed E-state index contributed by atoms with van der Waals surface area (Å²) in [5.41, 5.74) is 2.32. The second kappa shape index (κ2) is 4.58. The van der Waals surface area contributed by atoms with Crippen LogP contribution in [-0.4, -0.2) is 25.1 Å². The largest absolute Gasteiger partial charge is 0.489 e. The van der Waals surface area contributed by atoms with Gasteiger partial charge in [0.05, 0.1) is 13.2 Å². The zero-order chi connectivity index (χ0) is 13.7. The van der Waals surface area contributed by atoms with Gasteiger partial charge in [0.2, 0.25) is 0 Å². The summed E-state index contributed by atoms with van der Waals surface area (Å²) in [6, 6.07) is 6.12. The smallest absolute Gasteiger partial charge is 0.172 e. The lowest BCUT2D eigenvalue weighted by atomic mass is 9.75. The summed E-state index contributed by atoms with van der Waals surface area (Å²) in [5.74, 6) is 0.888. The van der Waals surface area contributed by atoms with Gasteiger partial charge in [0, 0.05) is 28.8 Å². The van der Waals surface area contributed by atoms with Crippen molar-refractivity contribution in [3.63, 3.8) is 0 Å². The second-order valence-corrected chi connectivity index (χ2v) is 6.69. The Balaban J connectivity index is 1.66. The molecule has 0 radical (unpaired) electrons. The van der Waals surface area contributed by atoms with E-state index in [0.29, 0.717) is 19.1 Å². The molecule has 2 atom stereocenters. The molecule has 106 valence electrons. The van der Waals surface area contributed by atoms with Crippen molar-refractivity contribution in [2.45, 2.75) is 31.2 Å². The van der Waals surface area contributed by atoms with Gasteiger partial charge in [-0.2, -0.15) is 0 Å². The van der Waals surface area contributed by atoms with E-state index in [9.17, 15) is 0 Å². The second-order valence-electron chi connectivity index (χ2n) is 5.78. The fraction of sp³-hybridized carbons (Fsp3) is 0.500. The third-order valence-corrected chi connectivity index (χ3v) is 5.12. The average molecular weight is 337 g/mol. The number of benzene rings is 1. The Morgan fingerprint density at radius 2 is 2.05 bits per heavy atom. The van der Waals surface area contributed by atoms with Crippen molar-refractivity contribution in [1.82, 2.24) is 0 Å². The van der Waals surface area contributed by atoms with Crippen molar-refractivity contribution in [3.8, 4) is 5.75 Å². The molecule has 1 aromatic carbocycles. The Labute approximate surface area is 127 Å². The number of hydrogen-bond acceptors (Lipinski definition) is 3. The van der Waals surface area contributed by atoms with Crippen LogP contribution in [0.25, 0.3) is 5.57 Å². The molecule has 0 aromatic heterocycles. The van der Waals surface area contributed by atoms with Gasteiger partial charge in [-0.1, -0.05) is 22.5 Å². The normalized spacial score (nSPS) is 30.8. The molecule has 0 amide bonds. The van der Waals surface area contributed by atoms with Crippen LogP contribution in [0, 0.1) is 5.92 Å². The van der Waals surface area contributed by atoms with E-state index >= 15 is 0 Å². The zero-order valence-electron chi connectivity index (χ0n) is 11.2. The van der Waals surface area contributed by atoms with Crippen molar-refractivity contribution in [3.05, 3.63) is 34.8 Å². The number of fused-ring (bicyclic) bond motifs is 2. The van der Waals surface area contributed by atoms with Crippen molar-refractivity contribution < 1.29 is 14.2 Å². The standard InChI is InChI=1S/C16H17BrO3/c1-10-12-4-5-16(18-6-7-19-16)9-15(12)20-14-3-2-11(17)8-13(10)14/h2-3,8,12,15H,1,4-7,9H2. The Morgan fingerprint density at radius 3 is 2.85 bits per heavy atom. The van der Waals surface area contributed by atoms with Crippen molar-refractivity contribution in [2.75, 3.05) is 13.2 Å². The maximum atomic E-state index is 6.21. The Kier molecular flexibility index (Phi) is 2.95. The van der Waals surface area contributed by atoms with Crippen molar-refractivity contribution in [1.29, 1.82) is 0 Å². The van der Waals surface area contributed by atoms with E-state index < -0.39 is 5.79 Å². The molecule has 1 aliphatic carbocycles. The topological polar surface area (TPSA) is 27.7 Å². The summed E-state index contributed by atoms with van der Waals surface area (Å²) < 4.78 is 18.9. The van der Waals surface area contributed by atoms with Crippen LogP contribution in [-0.2, 0) is 9.47 Å². The number of rotatable bonds is 0. The number of hydrogen-bond donors (Lipinski definition) is 0. The van der Waals surface area contributed by atoms with Crippen LogP contribution in [0.15, 0.2) is 29.3 Å². The van der Waals surface area contributed by atoms with Gasteiger partial charge in [-0.3, -0.25) is 0 Å². The van der Waals surface area contributed by atoms with Crippen LogP contribution in [0.1, 0.15) is 24.8 Å². The van der Waals surface area contributed by atoms with Crippen LogP contribution >= 0.6 is 15.9 Å². The van der Waals surface area contributed by atoms with Gasteiger partial charge in [0.1, 0.15) is 11.9 Å². The zero-order valence-corrected chi connectivity index (χ0v) is 12.8. The SMILES string of the molecule is C=C1c2cc(Br)ccc2OC2CC3(CCC12)OCCO3. The van der Waals surface area contributed by atoms with Gasteiger partial charge in [0.15, 0.2) is 5.79 Å². The van der Waals surface area contributed by atoms with Gasteiger partial charge in [-0.05, 0) is 30.2 Å². The minimum absolute atomic E-state index is 0.114. The monoisotopic (exact) mass is 336 g/mol. The number of ether oxygens (including phenoxy) is 3. The minimum Gasteiger partial charge on any atom is -0.489 e. The van der Waals surface area contributed by atoms with E-state index in [2.05, 4.69) is 28.6 Å². The summed E-state index contributed by atoms with van der Waals surface area (Å²) in [4.78, 5) is 0. The molecule has 4 rings (SSSR count). The molecule has 3 aliphatic rings. The van der Waals surface area contributed by atoms with E-state index in [0.717, 1.165) is 35.0 Å². The lowest BCUT2D eigenvalue weighted by Gasteiger charge is -2.44. The van der Waals surface area contributed by atoms with Gasteiger partial charge in [-0.25, -0.2) is 0 Å². The molecule has 1 saturated heterocycles. The number of halogens is 1. The summed E-state index contributed by atoms with van der Waals surface area (Å²) in [6.45, 7) is 5.71. The van der Waals surface area contributed by atoms with Crippen molar-refractivity contribution >= 4 is 21.5 Å². The van der Waals surface area contributed by atoms with E-state index in [4.69, 9.17) is 14.2 Å². The highest BCUT2D eigenvalue weighted by Crippen LogP contribution is 2.49. The maximum absolute atomic E-state index is 6.21. The molecule has 0 N–H and O–H groups in total. The van der Waals surface area contributed by atoms with Crippen LogP contribution in [0.2, 0.25) is 0 Å². The molecule has 2 heterocycles. The molecule has 2 fully saturated rings. The molecule has 2 unspecified atom stereocenters. The van der Waals surface area contributed by atoms with Gasteiger partial charge in [0.25, 0.3) is 0 Å². The highest BCUT2D eigenvalue weighted by Gasteiger charge is 2.48. The lowest BCUT2D eigenvalue weighted by Crippen LogP contribution is -2.47. The van der Waals surface area contributed by atoms with Gasteiger partial charge < -0.3 is 14.2 Å². The average Bonchev–Trinajstić information content (AvgIpc) is 2.88. The van der Waals surface area contributed by atoms with Gasteiger partial charge in [-0.15, -0.1) is 0 Å². The first kappa shape index (κ1) is 12.9. The molecular formula is C16H17BrO3. The first-order valence-corrected chi connectivity index (χ1v) is 7.89. The quantitative estimate of drug-likeness (QED) is 0.721. The third kappa shape index (κ3) is 1.93. The first-order chi connectivity index (χ1) is 9.67. The molecule has 1 aromatic rings. The molecule has 2 aliphatic heterocycles. The summed E-state index contributed by atoms with van der Waals surface area (Å²) in [7, 11) is 0. The Hall–Kier alpha value is -0.840. The van der Waals surface area contributed by atoms with Crippen LogP contribution in [0.4, 0.5) is 0 Å². The first-order valence-electron chi connectivity index (χ1n) is 7.10. The molecule has 0 bridgehead atoms. The van der Waals surface area contributed by atoms with Crippen LogP contribution in [0.5, 0.6) is 5.75 Å². The molecule has 1 spiro atoms. The van der Waals surface area contributed by atoms with Crippen molar-refractivity contribution in [2.24, 2.45) is 5.92 Å². The molecule has 3 nitrogen and oxygen atoms in total. The predicted molar refractivity (Wildman–Crippen MR) is 79.6 cm³/mol. The third-order valence-electron chi connectivity index (χ3n) is 4.62. The van der Waals surface area contributed by atoms with Crippen LogP contribution < -0.4 is 4.74 Å². The maximum Gasteiger partial charge on any atom is 0.172 e. The lowest BCUT2D eigenvalue weighted by molar-refractivity contribution is -0.198. The molecule has 4 heteroatoms. The fourth-order valence-electron chi connectivity index (χ4n) is 3.61. The predicted octanol–water partition coefficient (Wildman–Crippen LogP) is 3.77. The summed E-state index contributed by atoms with van der Waals surface area (Å²) in [5, 5.41) is 0. The molecule has 20 heavy (non-hydrogen) atoms. The highest BCUT2D eigenvalue weighted by molar-refractivity contribution is 9.10. The van der Waals surface area contributed by atoms with Crippen LogP contribution in [0.3, 0.4) is 0 Å². The van der Waals surface area contributed by atoms with E-state index in [-0.39, 0.29) is 6.10 Å². The Morgan fingerprint density at radius 1 is 1.25 bits per heavy atom.